The van der Waals surface area contributed by atoms with Gasteiger partial charge in [-0.05, 0) is 30.1 Å². The Labute approximate surface area is 116 Å². The fraction of sp³-hybridized carbons (Fsp3) is 1.00. The van der Waals surface area contributed by atoms with Gasteiger partial charge in [0.1, 0.15) is 0 Å². The van der Waals surface area contributed by atoms with Crippen LogP contribution in [0.2, 0.25) is 0 Å². The Morgan fingerprint density at radius 2 is 1.67 bits per heavy atom. The molecule has 4 unspecified atom stereocenters. The van der Waals surface area contributed by atoms with Crippen molar-refractivity contribution >= 4 is 0 Å². The molecule has 0 radical (unpaired) electrons. The normalized spacial score (nSPS) is 26.0. The number of unbranched alkanes of at least 4 members (excludes halogenated alkanes) is 4. The molecule has 0 spiro atoms. The first-order valence-corrected chi connectivity index (χ1v) is 8.74. The molecule has 0 saturated heterocycles. The zero-order valence-corrected chi connectivity index (χ0v) is 13.4. The molecule has 1 rings (SSSR count). The molecule has 0 amide bonds. The lowest BCUT2D eigenvalue weighted by atomic mass is 9.83. The summed E-state index contributed by atoms with van der Waals surface area (Å²) < 4.78 is 0. The minimum absolute atomic E-state index is 0.968. The van der Waals surface area contributed by atoms with Gasteiger partial charge in [0.2, 0.25) is 0 Å². The van der Waals surface area contributed by atoms with Gasteiger partial charge < -0.3 is 0 Å². The largest absolute Gasteiger partial charge is 0.0654 e. The lowest BCUT2D eigenvalue weighted by Crippen LogP contribution is -2.14. The first-order chi connectivity index (χ1) is 8.74. The van der Waals surface area contributed by atoms with Gasteiger partial charge in [-0.3, -0.25) is 0 Å². The second kappa shape index (κ2) is 8.99. The van der Waals surface area contributed by atoms with Crippen LogP contribution < -0.4 is 0 Å². The molecule has 0 heterocycles. The predicted molar refractivity (Wildman–Crippen MR) is 82.8 cm³/mol. The second-order valence-corrected chi connectivity index (χ2v) is 6.70. The maximum absolute atomic E-state index is 2.49. The average Bonchev–Trinajstić information content (AvgIpc) is 3.10. The van der Waals surface area contributed by atoms with E-state index in [9.17, 15) is 0 Å². The molecule has 0 aromatic rings. The average molecular weight is 252 g/mol. The zero-order valence-electron chi connectivity index (χ0n) is 13.4. The first kappa shape index (κ1) is 16.1. The molecule has 0 nitrogen and oxygen atoms in total. The van der Waals surface area contributed by atoms with E-state index in [4.69, 9.17) is 0 Å². The van der Waals surface area contributed by atoms with Gasteiger partial charge >= 0.3 is 0 Å². The van der Waals surface area contributed by atoms with Gasteiger partial charge in [-0.1, -0.05) is 85.5 Å². The molecule has 18 heavy (non-hydrogen) atoms. The topological polar surface area (TPSA) is 0 Å². The Morgan fingerprint density at radius 1 is 0.944 bits per heavy atom. The van der Waals surface area contributed by atoms with Crippen LogP contribution in [0.15, 0.2) is 0 Å². The molecule has 0 aromatic carbocycles. The van der Waals surface area contributed by atoms with E-state index in [1.165, 1.54) is 57.8 Å². The SMILES string of the molecule is CCCCCCCC1CC1C(CC)C(C)CCC. The maximum atomic E-state index is 2.49. The van der Waals surface area contributed by atoms with Crippen LogP contribution in [0, 0.1) is 23.7 Å². The van der Waals surface area contributed by atoms with Crippen molar-refractivity contribution in [3.8, 4) is 0 Å². The molecule has 0 aromatic heterocycles. The van der Waals surface area contributed by atoms with Crippen LogP contribution in [0.4, 0.5) is 0 Å². The van der Waals surface area contributed by atoms with E-state index in [-0.39, 0.29) is 0 Å². The monoisotopic (exact) mass is 252 g/mol. The van der Waals surface area contributed by atoms with Crippen molar-refractivity contribution in [3.63, 3.8) is 0 Å². The Bertz CT molecular complexity index is 196. The van der Waals surface area contributed by atoms with Crippen molar-refractivity contribution in [2.24, 2.45) is 23.7 Å². The minimum atomic E-state index is 0.968. The summed E-state index contributed by atoms with van der Waals surface area (Å²) >= 11 is 0. The van der Waals surface area contributed by atoms with E-state index in [1.807, 2.05) is 0 Å². The summed E-state index contributed by atoms with van der Waals surface area (Å²) in [5.74, 6) is 4.21. The summed E-state index contributed by atoms with van der Waals surface area (Å²) in [6.07, 6.45) is 14.6. The van der Waals surface area contributed by atoms with Gasteiger partial charge in [0.25, 0.3) is 0 Å². The Morgan fingerprint density at radius 3 is 2.28 bits per heavy atom. The molecule has 1 aliphatic carbocycles. The smallest absolute Gasteiger partial charge is 0.0352 e. The van der Waals surface area contributed by atoms with Crippen LogP contribution in [0.5, 0.6) is 0 Å². The fourth-order valence-electron chi connectivity index (χ4n) is 3.93. The van der Waals surface area contributed by atoms with E-state index in [1.54, 1.807) is 6.42 Å². The van der Waals surface area contributed by atoms with Crippen LogP contribution in [0.3, 0.4) is 0 Å². The Hall–Kier alpha value is 0. The third-order valence-electron chi connectivity index (χ3n) is 5.15. The summed E-state index contributed by atoms with van der Waals surface area (Å²) in [7, 11) is 0. The fourth-order valence-corrected chi connectivity index (χ4v) is 3.93. The molecule has 1 saturated carbocycles. The van der Waals surface area contributed by atoms with E-state index < -0.39 is 0 Å². The standard InChI is InChI=1S/C18H36/c1-5-8-9-10-11-13-16-14-18(16)17(7-3)15(4)12-6-2/h15-18H,5-14H2,1-4H3. The van der Waals surface area contributed by atoms with Crippen LogP contribution in [0.1, 0.15) is 91.9 Å². The van der Waals surface area contributed by atoms with Crippen molar-refractivity contribution < 1.29 is 0 Å². The van der Waals surface area contributed by atoms with Crippen molar-refractivity contribution in [2.45, 2.75) is 91.9 Å². The van der Waals surface area contributed by atoms with Crippen molar-refractivity contribution in [2.75, 3.05) is 0 Å². The molecular formula is C18H36. The first-order valence-electron chi connectivity index (χ1n) is 8.74. The van der Waals surface area contributed by atoms with Gasteiger partial charge in [0, 0.05) is 0 Å². The van der Waals surface area contributed by atoms with Crippen molar-refractivity contribution in [1.82, 2.24) is 0 Å². The van der Waals surface area contributed by atoms with Crippen LogP contribution in [-0.4, -0.2) is 0 Å². The van der Waals surface area contributed by atoms with E-state index >= 15 is 0 Å². The van der Waals surface area contributed by atoms with Gasteiger partial charge in [-0.2, -0.15) is 0 Å². The van der Waals surface area contributed by atoms with Gasteiger partial charge in [-0.15, -0.1) is 0 Å². The third kappa shape index (κ3) is 5.33. The highest BCUT2D eigenvalue weighted by atomic mass is 14.5. The highest BCUT2D eigenvalue weighted by Gasteiger charge is 2.42. The number of rotatable bonds is 11. The zero-order chi connectivity index (χ0) is 13.4. The summed E-state index contributed by atoms with van der Waals surface area (Å²) in [4.78, 5) is 0. The predicted octanol–water partition coefficient (Wildman–Crippen LogP) is 6.45. The maximum Gasteiger partial charge on any atom is -0.0352 e. The quantitative estimate of drug-likeness (QED) is 0.371. The summed E-state index contributed by atoms with van der Waals surface area (Å²) in [6.45, 7) is 9.54. The van der Waals surface area contributed by atoms with Gasteiger partial charge in [0.05, 0.1) is 0 Å². The molecule has 4 atom stereocenters. The van der Waals surface area contributed by atoms with Crippen LogP contribution in [-0.2, 0) is 0 Å². The Kier molecular flexibility index (Phi) is 8.02. The van der Waals surface area contributed by atoms with Crippen molar-refractivity contribution in [1.29, 1.82) is 0 Å². The molecule has 108 valence electrons. The minimum Gasteiger partial charge on any atom is -0.0654 e. The molecular weight excluding hydrogens is 216 g/mol. The Balaban J connectivity index is 2.13. The highest BCUT2D eigenvalue weighted by Crippen LogP contribution is 2.51. The molecule has 0 N–H and O–H groups in total. The number of hydrogen-bond donors (Lipinski definition) is 0. The number of hydrogen-bond acceptors (Lipinski definition) is 0. The van der Waals surface area contributed by atoms with Gasteiger partial charge in [0.15, 0.2) is 0 Å². The van der Waals surface area contributed by atoms with Crippen molar-refractivity contribution in [3.05, 3.63) is 0 Å². The van der Waals surface area contributed by atoms with E-state index in [0.29, 0.717) is 0 Å². The van der Waals surface area contributed by atoms with Crippen LogP contribution in [0.25, 0.3) is 0 Å². The molecule has 0 heteroatoms. The van der Waals surface area contributed by atoms with Gasteiger partial charge in [-0.25, -0.2) is 0 Å². The molecule has 0 bridgehead atoms. The lowest BCUT2D eigenvalue weighted by Gasteiger charge is -2.22. The molecule has 1 aliphatic rings. The highest BCUT2D eigenvalue weighted by molar-refractivity contribution is 4.92. The third-order valence-corrected chi connectivity index (χ3v) is 5.15. The summed E-state index contributed by atoms with van der Waals surface area (Å²) in [5.41, 5.74) is 0. The van der Waals surface area contributed by atoms with E-state index in [2.05, 4.69) is 27.7 Å². The second-order valence-electron chi connectivity index (χ2n) is 6.70. The molecule has 0 aliphatic heterocycles. The summed E-state index contributed by atoms with van der Waals surface area (Å²) in [5, 5.41) is 0. The molecule has 1 fully saturated rings. The van der Waals surface area contributed by atoms with E-state index in [0.717, 1.165) is 23.7 Å². The lowest BCUT2D eigenvalue weighted by molar-refractivity contribution is 0.275. The van der Waals surface area contributed by atoms with Crippen LogP contribution >= 0.6 is 0 Å². The summed E-state index contributed by atoms with van der Waals surface area (Å²) in [6, 6.07) is 0.